The molecule has 0 amide bonds. The number of nitrogens with zero attached hydrogens (tertiary/aromatic N) is 1. The number of rotatable bonds is 6. The normalized spacial score (nSPS) is 12.0. The van der Waals surface area contributed by atoms with Gasteiger partial charge in [0.1, 0.15) is 6.42 Å². The second-order valence-corrected chi connectivity index (χ2v) is 5.01. The molecule has 0 aliphatic rings. The van der Waals surface area contributed by atoms with Crippen molar-refractivity contribution in [2.24, 2.45) is 0 Å². The van der Waals surface area contributed by atoms with E-state index in [-0.39, 0.29) is 19.4 Å². The standard InChI is InChI=1S/C15H21NO4/c1-5-20-15(17)9-14(16(18)19)8-13-6-10(2)12(4)11(3)7-13/h6-7,14H,5,8-9H2,1-4H3. The first-order valence-corrected chi connectivity index (χ1v) is 6.71. The zero-order valence-corrected chi connectivity index (χ0v) is 12.4. The van der Waals surface area contributed by atoms with Gasteiger partial charge in [-0.2, -0.15) is 0 Å². The summed E-state index contributed by atoms with van der Waals surface area (Å²) in [5.74, 6) is -0.519. The maximum Gasteiger partial charge on any atom is 0.312 e. The van der Waals surface area contributed by atoms with Crippen molar-refractivity contribution < 1.29 is 14.5 Å². The number of aryl methyl sites for hydroxylation is 2. The molecule has 0 saturated heterocycles. The van der Waals surface area contributed by atoms with Crippen LogP contribution in [0.15, 0.2) is 12.1 Å². The van der Waals surface area contributed by atoms with Crippen LogP contribution in [0.25, 0.3) is 0 Å². The summed E-state index contributed by atoms with van der Waals surface area (Å²) in [6.45, 7) is 7.92. The lowest BCUT2D eigenvalue weighted by Gasteiger charge is -2.12. The van der Waals surface area contributed by atoms with Crippen LogP contribution in [-0.2, 0) is 16.0 Å². The SMILES string of the molecule is CCOC(=O)CC(Cc1cc(C)c(C)c(C)c1)[N+](=O)[O-]. The third-order valence-corrected chi connectivity index (χ3v) is 3.46. The maximum atomic E-state index is 11.4. The van der Waals surface area contributed by atoms with Crippen molar-refractivity contribution in [2.45, 2.75) is 46.6 Å². The Kier molecular flexibility index (Phi) is 5.67. The van der Waals surface area contributed by atoms with Crippen LogP contribution >= 0.6 is 0 Å². The average molecular weight is 279 g/mol. The highest BCUT2D eigenvalue weighted by molar-refractivity contribution is 5.69. The quantitative estimate of drug-likeness (QED) is 0.456. The van der Waals surface area contributed by atoms with Crippen LogP contribution in [0.5, 0.6) is 0 Å². The van der Waals surface area contributed by atoms with E-state index in [0.29, 0.717) is 0 Å². The number of nitro groups is 1. The van der Waals surface area contributed by atoms with Crippen LogP contribution < -0.4 is 0 Å². The summed E-state index contributed by atoms with van der Waals surface area (Å²) >= 11 is 0. The van der Waals surface area contributed by atoms with Gasteiger partial charge in [-0.15, -0.1) is 0 Å². The molecule has 1 rings (SSSR count). The summed E-state index contributed by atoms with van der Waals surface area (Å²) in [6, 6.07) is 2.96. The van der Waals surface area contributed by atoms with E-state index in [1.807, 2.05) is 32.9 Å². The number of benzene rings is 1. The van der Waals surface area contributed by atoms with Crippen LogP contribution in [0.1, 0.15) is 35.6 Å². The fraction of sp³-hybridized carbons (Fsp3) is 0.533. The summed E-state index contributed by atoms with van der Waals surface area (Å²) in [6.07, 6.45) is 0.0561. The van der Waals surface area contributed by atoms with Crippen LogP contribution in [0.4, 0.5) is 0 Å². The molecule has 1 unspecified atom stereocenters. The first-order valence-electron chi connectivity index (χ1n) is 6.71. The van der Waals surface area contributed by atoms with Crippen molar-refractivity contribution in [2.75, 3.05) is 6.61 Å². The molecule has 20 heavy (non-hydrogen) atoms. The fourth-order valence-electron chi connectivity index (χ4n) is 2.15. The molecule has 0 fully saturated rings. The molecular formula is C15H21NO4. The maximum absolute atomic E-state index is 11.4. The Hall–Kier alpha value is -1.91. The van der Waals surface area contributed by atoms with Crippen LogP contribution in [0.3, 0.4) is 0 Å². The first kappa shape index (κ1) is 16.1. The van der Waals surface area contributed by atoms with Gasteiger partial charge in [-0.25, -0.2) is 0 Å². The minimum absolute atomic E-state index is 0.188. The number of carbonyl (C=O) groups is 1. The van der Waals surface area contributed by atoms with Crippen LogP contribution in [0.2, 0.25) is 0 Å². The largest absolute Gasteiger partial charge is 0.466 e. The van der Waals surface area contributed by atoms with Crippen LogP contribution in [0, 0.1) is 30.9 Å². The highest BCUT2D eigenvalue weighted by Gasteiger charge is 2.25. The van der Waals surface area contributed by atoms with Gasteiger partial charge in [0, 0.05) is 11.3 Å². The minimum atomic E-state index is -0.935. The minimum Gasteiger partial charge on any atom is -0.466 e. The highest BCUT2D eigenvalue weighted by Crippen LogP contribution is 2.18. The molecule has 0 bridgehead atoms. The predicted molar refractivity (Wildman–Crippen MR) is 76.4 cm³/mol. The van der Waals surface area contributed by atoms with Gasteiger partial charge in [0.25, 0.3) is 0 Å². The Labute approximate surface area is 119 Å². The summed E-state index contributed by atoms with van der Waals surface area (Å²) in [4.78, 5) is 22.1. The highest BCUT2D eigenvalue weighted by atomic mass is 16.6. The topological polar surface area (TPSA) is 69.4 Å². The monoisotopic (exact) mass is 279 g/mol. The Bertz CT molecular complexity index is 488. The van der Waals surface area contributed by atoms with Gasteiger partial charge in [-0.3, -0.25) is 14.9 Å². The summed E-state index contributed by atoms with van der Waals surface area (Å²) < 4.78 is 4.78. The van der Waals surface area contributed by atoms with Gasteiger partial charge >= 0.3 is 5.97 Å². The molecule has 0 heterocycles. The van der Waals surface area contributed by atoms with Gasteiger partial charge in [0.15, 0.2) is 0 Å². The van der Waals surface area contributed by atoms with Crippen molar-refractivity contribution in [1.82, 2.24) is 0 Å². The van der Waals surface area contributed by atoms with Gasteiger partial charge in [-0.1, -0.05) is 12.1 Å². The van der Waals surface area contributed by atoms with Crippen molar-refractivity contribution >= 4 is 5.97 Å². The van der Waals surface area contributed by atoms with Crippen molar-refractivity contribution in [3.8, 4) is 0 Å². The van der Waals surface area contributed by atoms with Gasteiger partial charge in [0.05, 0.1) is 6.61 Å². The van der Waals surface area contributed by atoms with E-state index in [4.69, 9.17) is 4.74 Å². The molecule has 0 aliphatic heterocycles. The molecule has 0 aliphatic carbocycles. The number of hydrogen-bond donors (Lipinski definition) is 0. The Morgan fingerprint density at radius 2 is 1.85 bits per heavy atom. The van der Waals surface area contributed by atoms with Gasteiger partial charge < -0.3 is 4.74 Å². The smallest absolute Gasteiger partial charge is 0.312 e. The molecule has 0 saturated carbocycles. The molecule has 0 aromatic heterocycles. The lowest BCUT2D eigenvalue weighted by Crippen LogP contribution is -2.26. The summed E-state index contributed by atoms with van der Waals surface area (Å²) in [7, 11) is 0. The van der Waals surface area contributed by atoms with Gasteiger partial charge in [0.2, 0.25) is 6.04 Å². The summed E-state index contributed by atoms with van der Waals surface area (Å²) in [5, 5.41) is 11.1. The van der Waals surface area contributed by atoms with Gasteiger partial charge in [-0.05, 0) is 49.9 Å². The zero-order chi connectivity index (χ0) is 15.3. The molecule has 1 aromatic rings. The number of hydrogen-bond acceptors (Lipinski definition) is 4. The molecule has 1 atom stereocenters. The van der Waals surface area contributed by atoms with Crippen molar-refractivity contribution in [3.05, 3.63) is 44.5 Å². The molecular weight excluding hydrogens is 258 g/mol. The van der Waals surface area contributed by atoms with E-state index < -0.39 is 16.9 Å². The molecule has 0 spiro atoms. The number of ether oxygens (including phenoxy) is 1. The second kappa shape index (κ2) is 7.03. The van der Waals surface area contributed by atoms with E-state index in [2.05, 4.69) is 0 Å². The van der Waals surface area contributed by atoms with E-state index in [1.54, 1.807) is 6.92 Å². The third-order valence-electron chi connectivity index (χ3n) is 3.46. The van der Waals surface area contributed by atoms with E-state index in [1.165, 1.54) is 5.56 Å². The molecule has 5 heteroatoms. The molecule has 1 aromatic carbocycles. The van der Waals surface area contributed by atoms with Crippen molar-refractivity contribution in [1.29, 1.82) is 0 Å². The van der Waals surface area contributed by atoms with E-state index >= 15 is 0 Å². The number of esters is 1. The van der Waals surface area contributed by atoms with E-state index in [0.717, 1.165) is 16.7 Å². The molecule has 0 N–H and O–H groups in total. The fourth-order valence-corrected chi connectivity index (χ4v) is 2.15. The molecule has 0 radical (unpaired) electrons. The second-order valence-electron chi connectivity index (χ2n) is 5.01. The predicted octanol–water partition coefficient (Wildman–Crippen LogP) is 2.75. The lowest BCUT2D eigenvalue weighted by atomic mass is 9.96. The molecule has 110 valence electrons. The van der Waals surface area contributed by atoms with E-state index in [9.17, 15) is 14.9 Å². The Morgan fingerprint density at radius 1 is 1.30 bits per heavy atom. The number of carbonyl (C=O) groups excluding carboxylic acids is 1. The molecule has 5 nitrogen and oxygen atoms in total. The lowest BCUT2D eigenvalue weighted by molar-refractivity contribution is -0.521. The average Bonchev–Trinajstić information content (AvgIpc) is 2.35. The summed E-state index contributed by atoms with van der Waals surface area (Å²) in [5.41, 5.74) is 4.30. The Morgan fingerprint density at radius 3 is 2.30 bits per heavy atom. The van der Waals surface area contributed by atoms with Crippen molar-refractivity contribution in [3.63, 3.8) is 0 Å². The third kappa shape index (κ3) is 4.33. The van der Waals surface area contributed by atoms with Crippen LogP contribution in [-0.4, -0.2) is 23.5 Å². The first-order chi connectivity index (χ1) is 9.35. The Balaban J connectivity index is 2.86. The zero-order valence-electron chi connectivity index (χ0n) is 12.4.